The van der Waals surface area contributed by atoms with Gasteiger partial charge in [-0.3, -0.25) is 9.69 Å². The van der Waals surface area contributed by atoms with Gasteiger partial charge in [0.25, 0.3) is 0 Å². The van der Waals surface area contributed by atoms with Crippen molar-refractivity contribution in [3.05, 3.63) is 53.1 Å². The smallest absolute Gasteiger partial charge is 0.233 e. The maximum Gasteiger partial charge on any atom is 0.233 e. The molecule has 34 heavy (non-hydrogen) atoms. The van der Waals surface area contributed by atoms with E-state index in [2.05, 4.69) is 44.7 Å². The SMILES string of the molecule is CCN(CC)CCN(C(=O)Cc1ccc(S(=O)(=O)C(C)C)cc1)c1nc2cc(C)cc(C)c2s1. The third kappa shape index (κ3) is 5.85. The number of carbonyl (C=O) groups is 1. The van der Waals surface area contributed by atoms with Crippen molar-refractivity contribution in [1.29, 1.82) is 0 Å². The molecule has 0 spiro atoms. The molecule has 3 aromatic rings. The van der Waals surface area contributed by atoms with Gasteiger partial charge in [0.05, 0.1) is 26.8 Å². The molecule has 0 saturated carbocycles. The van der Waals surface area contributed by atoms with Gasteiger partial charge in [0.15, 0.2) is 15.0 Å². The molecule has 0 aliphatic rings. The first-order valence-corrected chi connectivity index (χ1v) is 14.2. The zero-order valence-electron chi connectivity index (χ0n) is 21.0. The number of carbonyl (C=O) groups excluding carboxylic acids is 1. The number of anilines is 1. The average molecular weight is 502 g/mol. The Morgan fingerprint density at radius 1 is 1.03 bits per heavy atom. The molecule has 0 fully saturated rings. The Balaban J connectivity index is 1.89. The summed E-state index contributed by atoms with van der Waals surface area (Å²) in [5, 5.41) is 0.224. The first-order chi connectivity index (χ1) is 16.1. The Kier molecular flexibility index (Phi) is 8.49. The minimum atomic E-state index is -3.34. The molecule has 3 rings (SSSR count). The quantitative estimate of drug-likeness (QED) is 0.390. The van der Waals surface area contributed by atoms with Crippen molar-refractivity contribution >= 4 is 42.4 Å². The van der Waals surface area contributed by atoms with E-state index in [1.165, 1.54) is 0 Å². The maximum atomic E-state index is 13.5. The van der Waals surface area contributed by atoms with Crippen LogP contribution in [0.2, 0.25) is 0 Å². The molecule has 1 aromatic heterocycles. The normalized spacial score (nSPS) is 12.1. The predicted octanol–water partition coefficient (Wildman–Crippen LogP) is 5.01. The highest BCUT2D eigenvalue weighted by atomic mass is 32.2. The summed E-state index contributed by atoms with van der Waals surface area (Å²) in [6.07, 6.45) is 0.189. The molecule has 0 saturated heterocycles. The Labute approximate surface area is 207 Å². The lowest BCUT2D eigenvalue weighted by atomic mass is 10.1. The molecule has 0 radical (unpaired) electrons. The third-order valence-electron chi connectivity index (χ3n) is 6.10. The summed E-state index contributed by atoms with van der Waals surface area (Å²) in [6, 6.07) is 10.9. The van der Waals surface area contributed by atoms with E-state index in [-0.39, 0.29) is 17.2 Å². The van der Waals surface area contributed by atoms with E-state index in [0.29, 0.717) is 11.7 Å². The zero-order chi connectivity index (χ0) is 25.0. The van der Waals surface area contributed by atoms with Gasteiger partial charge in [-0.1, -0.05) is 43.4 Å². The summed E-state index contributed by atoms with van der Waals surface area (Å²) in [7, 11) is -3.34. The van der Waals surface area contributed by atoms with Crippen LogP contribution in [0.1, 0.15) is 44.4 Å². The lowest BCUT2D eigenvalue weighted by Crippen LogP contribution is -2.39. The highest BCUT2D eigenvalue weighted by molar-refractivity contribution is 7.92. The van der Waals surface area contributed by atoms with E-state index in [1.807, 2.05) is 0 Å². The fourth-order valence-corrected chi connectivity index (χ4v) is 6.05. The van der Waals surface area contributed by atoms with Gasteiger partial charge in [0, 0.05) is 13.1 Å². The summed E-state index contributed by atoms with van der Waals surface area (Å²) in [6.45, 7) is 14.9. The van der Waals surface area contributed by atoms with Crippen molar-refractivity contribution in [2.45, 2.75) is 58.1 Å². The van der Waals surface area contributed by atoms with Crippen molar-refractivity contribution in [1.82, 2.24) is 9.88 Å². The summed E-state index contributed by atoms with van der Waals surface area (Å²) in [5.41, 5.74) is 4.02. The third-order valence-corrected chi connectivity index (χ3v) is 9.50. The molecule has 0 aliphatic heterocycles. The van der Waals surface area contributed by atoms with Crippen LogP contribution in [-0.4, -0.2) is 55.6 Å². The number of nitrogens with zero attached hydrogens (tertiary/aromatic N) is 3. The van der Waals surface area contributed by atoms with Crippen LogP contribution < -0.4 is 4.90 Å². The Morgan fingerprint density at radius 3 is 2.26 bits per heavy atom. The molecular formula is C26H35N3O3S2. The van der Waals surface area contributed by atoms with Gasteiger partial charge in [-0.05, 0) is 75.7 Å². The van der Waals surface area contributed by atoms with Crippen molar-refractivity contribution in [3.63, 3.8) is 0 Å². The fraction of sp³-hybridized carbons (Fsp3) is 0.462. The Hall–Kier alpha value is -2.29. The second-order valence-corrected chi connectivity index (χ2v) is 12.4. The number of benzene rings is 2. The number of rotatable bonds is 10. The van der Waals surface area contributed by atoms with Crippen LogP contribution >= 0.6 is 11.3 Å². The van der Waals surface area contributed by atoms with Crippen LogP contribution in [0, 0.1) is 13.8 Å². The number of sulfone groups is 1. The number of thiazole rings is 1. The van der Waals surface area contributed by atoms with Crippen LogP contribution in [0.25, 0.3) is 10.2 Å². The van der Waals surface area contributed by atoms with Gasteiger partial charge in [-0.15, -0.1) is 0 Å². The van der Waals surface area contributed by atoms with Crippen LogP contribution in [-0.2, 0) is 21.1 Å². The van der Waals surface area contributed by atoms with Crippen LogP contribution in [0.4, 0.5) is 5.13 Å². The van der Waals surface area contributed by atoms with E-state index >= 15 is 0 Å². The lowest BCUT2D eigenvalue weighted by molar-refractivity contribution is -0.118. The van der Waals surface area contributed by atoms with Gasteiger partial charge < -0.3 is 4.90 Å². The lowest BCUT2D eigenvalue weighted by Gasteiger charge is -2.24. The van der Waals surface area contributed by atoms with E-state index in [4.69, 9.17) is 4.98 Å². The van der Waals surface area contributed by atoms with Gasteiger partial charge in [0.2, 0.25) is 5.91 Å². The molecule has 1 heterocycles. The Morgan fingerprint density at radius 2 is 1.68 bits per heavy atom. The summed E-state index contributed by atoms with van der Waals surface area (Å²) in [5.74, 6) is -0.0416. The first kappa shape index (κ1) is 26.3. The summed E-state index contributed by atoms with van der Waals surface area (Å²) in [4.78, 5) is 22.7. The van der Waals surface area contributed by atoms with Crippen LogP contribution in [0.15, 0.2) is 41.3 Å². The topological polar surface area (TPSA) is 70.6 Å². The number of likely N-dealkylation sites (N-methyl/N-ethyl adjacent to an activating group) is 1. The molecular weight excluding hydrogens is 466 g/mol. The second kappa shape index (κ2) is 11.0. The molecule has 6 nitrogen and oxygen atoms in total. The average Bonchev–Trinajstić information content (AvgIpc) is 3.21. The summed E-state index contributed by atoms with van der Waals surface area (Å²) < 4.78 is 25.9. The van der Waals surface area contributed by atoms with E-state index in [9.17, 15) is 13.2 Å². The number of fused-ring (bicyclic) bond motifs is 1. The predicted molar refractivity (Wildman–Crippen MR) is 142 cm³/mol. The highest BCUT2D eigenvalue weighted by Gasteiger charge is 2.23. The van der Waals surface area contributed by atoms with Crippen LogP contribution in [0.3, 0.4) is 0 Å². The standard InChI is InChI=1S/C26H35N3O3S2/c1-7-28(8-2)13-14-29(26-27-23-16-19(5)15-20(6)25(23)33-26)24(30)17-21-9-11-22(12-10-21)34(31,32)18(3)4/h9-12,15-16,18H,7-8,13-14,17H2,1-6H3. The molecule has 0 unspecified atom stereocenters. The van der Waals surface area contributed by atoms with Crippen molar-refractivity contribution < 1.29 is 13.2 Å². The largest absolute Gasteiger partial charge is 0.302 e. The molecule has 8 heteroatoms. The Bertz CT molecular complexity index is 1240. The van der Waals surface area contributed by atoms with Gasteiger partial charge in [-0.2, -0.15) is 0 Å². The highest BCUT2D eigenvalue weighted by Crippen LogP contribution is 2.32. The van der Waals surface area contributed by atoms with Gasteiger partial charge in [-0.25, -0.2) is 13.4 Å². The monoisotopic (exact) mass is 501 g/mol. The molecule has 0 bridgehead atoms. The molecule has 2 aromatic carbocycles. The number of hydrogen-bond acceptors (Lipinski definition) is 6. The van der Waals surface area contributed by atoms with E-state index in [0.717, 1.165) is 46.5 Å². The number of aryl methyl sites for hydroxylation is 2. The molecule has 184 valence electrons. The molecule has 0 N–H and O–H groups in total. The first-order valence-electron chi connectivity index (χ1n) is 11.8. The minimum Gasteiger partial charge on any atom is -0.302 e. The van der Waals surface area contributed by atoms with Crippen molar-refractivity contribution in [2.24, 2.45) is 0 Å². The van der Waals surface area contributed by atoms with Gasteiger partial charge >= 0.3 is 0 Å². The minimum absolute atomic E-state index is 0.0416. The van der Waals surface area contributed by atoms with Gasteiger partial charge in [0.1, 0.15) is 0 Å². The van der Waals surface area contributed by atoms with Crippen LogP contribution in [0.5, 0.6) is 0 Å². The molecule has 0 aliphatic carbocycles. The van der Waals surface area contributed by atoms with E-state index < -0.39 is 15.1 Å². The second-order valence-electron chi connectivity index (χ2n) is 8.91. The van der Waals surface area contributed by atoms with Crippen molar-refractivity contribution in [3.8, 4) is 0 Å². The number of amides is 1. The maximum absolute atomic E-state index is 13.5. The van der Waals surface area contributed by atoms with Crippen molar-refractivity contribution in [2.75, 3.05) is 31.1 Å². The summed E-state index contributed by atoms with van der Waals surface area (Å²) >= 11 is 1.55. The molecule has 0 atom stereocenters. The zero-order valence-corrected chi connectivity index (χ0v) is 22.6. The van der Waals surface area contributed by atoms with E-state index in [1.54, 1.807) is 54.3 Å². The molecule has 1 amide bonds. The number of aromatic nitrogens is 1. The number of hydrogen-bond donors (Lipinski definition) is 0. The fourth-order valence-electron chi connectivity index (χ4n) is 3.93.